The largest absolute Gasteiger partial charge is 0.444 e. The highest BCUT2D eigenvalue weighted by atomic mass is 127. The molecule has 3 aromatic rings. The van der Waals surface area contributed by atoms with E-state index in [1.807, 2.05) is 42.5 Å². The number of hydrogen-bond donors (Lipinski definition) is 1. The molecule has 6 nitrogen and oxygen atoms in total. The zero-order valence-corrected chi connectivity index (χ0v) is 13.0. The van der Waals surface area contributed by atoms with Crippen molar-refractivity contribution in [2.45, 2.75) is 6.61 Å². The van der Waals surface area contributed by atoms with Crippen LogP contribution >= 0.6 is 22.6 Å². The average molecular weight is 394 g/mol. The number of carbonyl (C=O) groups excluding carboxylic acids is 1. The Balaban J connectivity index is 1.69. The van der Waals surface area contributed by atoms with Gasteiger partial charge in [-0.05, 0) is 40.3 Å². The van der Waals surface area contributed by atoms with Gasteiger partial charge in [0.05, 0.1) is 0 Å². The molecule has 0 radical (unpaired) electrons. The Hall–Kier alpha value is -2.16. The molecule has 7 heteroatoms. The molecule has 2 aromatic heterocycles. The van der Waals surface area contributed by atoms with E-state index < -0.39 is 6.09 Å². The van der Waals surface area contributed by atoms with Gasteiger partial charge in [-0.2, -0.15) is 5.10 Å². The number of aromatic nitrogens is 3. The topological polar surface area (TPSA) is 68.5 Å². The van der Waals surface area contributed by atoms with Crippen LogP contribution in [0.15, 0.2) is 48.8 Å². The van der Waals surface area contributed by atoms with Gasteiger partial charge >= 0.3 is 6.09 Å². The summed E-state index contributed by atoms with van der Waals surface area (Å²) in [6.45, 7) is 0.215. The van der Waals surface area contributed by atoms with Crippen molar-refractivity contribution in [3.8, 4) is 0 Å². The average Bonchev–Trinajstić information content (AvgIpc) is 2.89. The number of anilines is 1. The number of halogens is 1. The second-order valence-corrected chi connectivity index (χ2v) is 5.35. The van der Waals surface area contributed by atoms with E-state index in [-0.39, 0.29) is 6.61 Å². The van der Waals surface area contributed by atoms with Gasteiger partial charge in [0.15, 0.2) is 5.82 Å². The van der Waals surface area contributed by atoms with Crippen LogP contribution in [0.5, 0.6) is 0 Å². The van der Waals surface area contributed by atoms with Crippen molar-refractivity contribution in [1.29, 1.82) is 0 Å². The fourth-order valence-electron chi connectivity index (χ4n) is 1.85. The van der Waals surface area contributed by atoms with E-state index in [4.69, 9.17) is 4.74 Å². The summed E-state index contributed by atoms with van der Waals surface area (Å²) in [5, 5.41) is 6.74. The molecule has 0 spiro atoms. The summed E-state index contributed by atoms with van der Waals surface area (Å²) in [4.78, 5) is 15.9. The molecule has 2 heterocycles. The molecule has 0 atom stereocenters. The van der Waals surface area contributed by atoms with Crippen LogP contribution in [0.4, 0.5) is 10.6 Å². The third kappa shape index (κ3) is 3.13. The molecule has 0 aliphatic heterocycles. The van der Waals surface area contributed by atoms with E-state index in [1.165, 1.54) is 6.33 Å². The van der Waals surface area contributed by atoms with E-state index in [0.717, 1.165) is 14.8 Å². The molecule has 1 amide bonds. The first-order valence-electron chi connectivity index (χ1n) is 6.20. The summed E-state index contributed by atoms with van der Waals surface area (Å²) in [5.41, 5.74) is 1.65. The van der Waals surface area contributed by atoms with Gasteiger partial charge in [-0.15, -0.1) is 0 Å². The van der Waals surface area contributed by atoms with E-state index in [1.54, 1.807) is 4.52 Å². The number of hydrogen-bond acceptors (Lipinski definition) is 4. The van der Waals surface area contributed by atoms with Gasteiger partial charge in [0, 0.05) is 0 Å². The van der Waals surface area contributed by atoms with E-state index in [2.05, 4.69) is 38.0 Å². The summed E-state index contributed by atoms with van der Waals surface area (Å²) < 4.78 is 7.80. The molecule has 0 bridgehead atoms. The van der Waals surface area contributed by atoms with Crippen LogP contribution in [0.1, 0.15) is 5.56 Å². The summed E-state index contributed by atoms with van der Waals surface area (Å²) in [5.74, 6) is 0.422. The molecule has 106 valence electrons. The molecule has 1 aromatic carbocycles. The smallest absolute Gasteiger partial charge is 0.413 e. The number of carbonyl (C=O) groups is 1. The number of ether oxygens (including phenoxy) is 1. The highest BCUT2D eigenvalue weighted by Gasteiger charge is 2.10. The molecular weight excluding hydrogens is 383 g/mol. The quantitative estimate of drug-likeness (QED) is 0.694. The molecule has 21 heavy (non-hydrogen) atoms. The first-order chi connectivity index (χ1) is 10.2. The molecule has 0 fully saturated rings. The third-order valence-electron chi connectivity index (χ3n) is 2.84. The van der Waals surface area contributed by atoms with Gasteiger partial charge < -0.3 is 4.74 Å². The lowest BCUT2D eigenvalue weighted by Crippen LogP contribution is -2.15. The third-order valence-corrected chi connectivity index (χ3v) is 3.66. The van der Waals surface area contributed by atoms with Crippen LogP contribution in [0.3, 0.4) is 0 Å². The Bertz CT molecular complexity index is 773. The SMILES string of the molecule is O=C(Nc1ncnn2c(I)ccc12)OCc1ccccc1. The Morgan fingerprint density at radius 3 is 2.86 bits per heavy atom. The van der Waals surface area contributed by atoms with Gasteiger partial charge in [-0.1, -0.05) is 30.3 Å². The number of nitrogens with one attached hydrogen (secondary N) is 1. The van der Waals surface area contributed by atoms with Crippen molar-refractivity contribution in [3.63, 3.8) is 0 Å². The molecule has 0 unspecified atom stereocenters. The van der Waals surface area contributed by atoms with E-state index in [9.17, 15) is 4.79 Å². The lowest BCUT2D eigenvalue weighted by atomic mass is 10.2. The minimum absolute atomic E-state index is 0.215. The van der Waals surface area contributed by atoms with E-state index >= 15 is 0 Å². The van der Waals surface area contributed by atoms with Crippen molar-refractivity contribution in [3.05, 3.63) is 58.1 Å². The predicted molar refractivity (Wildman–Crippen MR) is 86.0 cm³/mol. The normalized spacial score (nSPS) is 10.5. The second kappa shape index (κ2) is 6.08. The predicted octanol–water partition coefficient (Wildman–Crippen LogP) is 3.08. The highest BCUT2D eigenvalue weighted by molar-refractivity contribution is 14.1. The summed E-state index contributed by atoms with van der Waals surface area (Å²) in [6.07, 6.45) is 0.845. The zero-order valence-electron chi connectivity index (χ0n) is 10.9. The van der Waals surface area contributed by atoms with Crippen LogP contribution in [0, 0.1) is 3.70 Å². The van der Waals surface area contributed by atoms with Crippen LogP contribution < -0.4 is 5.32 Å². The van der Waals surface area contributed by atoms with Gasteiger partial charge in [0.2, 0.25) is 0 Å². The fraction of sp³-hybridized carbons (Fsp3) is 0.0714. The first kappa shape index (κ1) is 13.8. The number of amides is 1. The molecule has 0 saturated heterocycles. The van der Waals surface area contributed by atoms with Crippen molar-refractivity contribution in [1.82, 2.24) is 14.6 Å². The molecule has 0 aliphatic rings. The molecule has 0 aliphatic carbocycles. The van der Waals surface area contributed by atoms with Crippen LogP contribution in [0.25, 0.3) is 5.52 Å². The lowest BCUT2D eigenvalue weighted by Gasteiger charge is -2.07. The maximum absolute atomic E-state index is 11.8. The van der Waals surface area contributed by atoms with Crippen LogP contribution in [-0.2, 0) is 11.3 Å². The molecular formula is C14H11IN4O2. The maximum atomic E-state index is 11.8. The van der Waals surface area contributed by atoms with Crippen LogP contribution in [0.2, 0.25) is 0 Å². The van der Waals surface area contributed by atoms with Gasteiger partial charge in [0.1, 0.15) is 22.2 Å². The monoisotopic (exact) mass is 394 g/mol. The van der Waals surface area contributed by atoms with Crippen molar-refractivity contribution < 1.29 is 9.53 Å². The molecule has 1 N–H and O–H groups in total. The minimum Gasteiger partial charge on any atom is -0.444 e. The summed E-state index contributed by atoms with van der Waals surface area (Å²) in [7, 11) is 0. The van der Waals surface area contributed by atoms with E-state index in [0.29, 0.717) is 5.82 Å². The van der Waals surface area contributed by atoms with Crippen LogP contribution in [-0.4, -0.2) is 20.7 Å². The Labute approximate surface area is 134 Å². The lowest BCUT2D eigenvalue weighted by molar-refractivity contribution is 0.155. The first-order valence-corrected chi connectivity index (χ1v) is 7.28. The van der Waals surface area contributed by atoms with Gasteiger partial charge in [-0.3, -0.25) is 5.32 Å². The molecule has 3 rings (SSSR count). The standard InChI is InChI=1S/C14H11IN4O2/c15-12-7-6-11-13(16-9-17-19(11)12)18-14(20)21-8-10-4-2-1-3-5-10/h1-7,9H,8H2,(H,16,17,18,20). The van der Waals surface area contributed by atoms with Gasteiger partial charge in [-0.25, -0.2) is 14.3 Å². The summed E-state index contributed by atoms with van der Waals surface area (Å²) >= 11 is 2.16. The Kier molecular flexibility index (Phi) is 4.00. The maximum Gasteiger partial charge on any atom is 0.413 e. The van der Waals surface area contributed by atoms with Crippen molar-refractivity contribution in [2.24, 2.45) is 0 Å². The van der Waals surface area contributed by atoms with Crippen molar-refractivity contribution in [2.75, 3.05) is 5.32 Å². The van der Waals surface area contributed by atoms with Gasteiger partial charge in [0.25, 0.3) is 0 Å². The number of fused-ring (bicyclic) bond motifs is 1. The number of benzene rings is 1. The number of rotatable bonds is 3. The Morgan fingerprint density at radius 2 is 2.05 bits per heavy atom. The summed E-state index contributed by atoms with van der Waals surface area (Å²) in [6, 6.07) is 13.2. The molecule has 0 saturated carbocycles. The fourth-order valence-corrected chi connectivity index (χ4v) is 2.42. The Morgan fingerprint density at radius 1 is 1.24 bits per heavy atom. The zero-order chi connectivity index (χ0) is 14.7. The second-order valence-electron chi connectivity index (χ2n) is 4.25. The minimum atomic E-state index is -0.546. The highest BCUT2D eigenvalue weighted by Crippen LogP contribution is 2.17. The van der Waals surface area contributed by atoms with Crippen molar-refractivity contribution >= 4 is 40.0 Å². The number of nitrogens with zero attached hydrogens (tertiary/aromatic N) is 3.